The summed E-state index contributed by atoms with van der Waals surface area (Å²) in [6.07, 6.45) is 0. The van der Waals surface area contributed by atoms with Gasteiger partial charge in [-0.3, -0.25) is 4.84 Å². The lowest BCUT2D eigenvalue weighted by Gasteiger charge is -2.09. The van der Waals surface area contributed by atoms with E-state index in [9.17, 15) is 4.79 Å². The Balaban J connectivity index is 1.81. The third kappa shape index (κ3) is 4.42. The highest BCUT2D eigenvalue weighted by molar-refractivity contribution is 6.36. The average molecular weight is 311 g/mol. The summed E-state index contributed by atoms with van der Waals surface area (Å²) in [5.74, 6) is 0. The van der Waals surface area contributed by atoms with Crippen LogP contribution < -0.4 is 10.8 Å². The molecule has 20 heavy (non-hydrogen) atoms. The molecule has 4 nitrogen and oxygen atoms in total. The Morgan fingerprint density at radius 1 is 1.10 bits per heavy atom. The number of hydroxylamine groups is 1. The van der Waals surface area contributed by atoms with Crippen LogP contribution in [0.25, 0.3) is 0 Å². The first-order valence-corrected chi connectivity index (χ1v) is 6.58. The van der Waals surface area contributed by atoms with Gasteiger partial charge in [-0.05, 0) is 23.8 Å². The van der Waals surface area contributed by atoms with Crippen molar-refractivity contribution in [2.75, 3.05) is 5.32 Å². The van der Waals surface area contributed by atoms with Crippen molar-refractivity contribution < 1.29 is 9.63 Å². The van der Waals surface area contributed by atoms with Crippen LogP contribution in [0.4, 0.5) is 10.5 Å². The molecule has 2 aromatic rings. The van der Waals surface area contributed by atoms with E-state index in [1.54, 1.807) is 18.2 Å². The fraction of sp³-hybridized carbons (Fsp3) is 0.0714. The summed E-state index contributed by atoms with van der Waals surface area (Å²) in [4.78, 5) is 16.7. The molecule has 0 spiro atoms. The topological polar surface area (TPSA) is 50.4 Å². The summed E-state index contributed by atoms with van der Waals surface area (Å²) in [6, 6.07) is 13.8. The Hall–Kier alpha value is -1.75. The monoisotopic (exact) mass is 310 g/mol. The van der Waals surface area contributed by atoms with Gasteiger partial charge in [0.1, 0.15) is 0 Å². The normalized spacial score (nSPS) is 10.1. The molecule has 0 atom stereocenters. The van der Waals surface area contributed by atoms with Crippen molar-refractivity contribution in [3.63, 3.8) is 0 Å². The number of anilines is 1. The molecule has 0 aliphatic carbocycles. The minimum absolute atomic E-state index is 0.280. The molecule has 2 amide bonds. The SMILES string of the molecule is O=C(NOCc1ccccc1)Nc1ccc(Cl)cc1Cl. The molecule has 2 aromatic carbocycles. The van der Waals surface area contributed by atoms with Crippen molar-refractivity contribution in [2.45, 2.75) is 6.61 Å². The number of hydrogen-bond donors (Lipinski definition) is 2. The van der Waals surface area contributed by atoms with E-state index in [-0.39, 0.29) is 6.61 Å². The zero-order valence-electron chi connectivity index (χ0n) is 10.4. The summed E-state index contributed by atoms with van der Waals surface area (Å²) in [7, 11) is 0. The molecule has 0 aliphatic heterocycles. The first-order chi connectivity index (χ1) is 9.65. The first-order valence-electron chi connectivity index (χ1n) is 5.83. The van der Waals surface area contributed by atoms with Crippen LogP contribution in [0.2, 0.25) is 10.0 Å². The minimum Gasteiger partial charge on any atom is -0.305 e. The summed E-state index contributed by atoms with van der Waals surface area (Å²) in [6.45, 7) is 0.280. The first kappa shape index (κ1) is 14.7. The largest absolute Gasteiger partial charge is 0.343 e. The third-order valence-corrected chi connectivity index (χ3v) is 2.97. The average Bonchev–Trinajstić information content (AvgIpc) is 2.43. The predicted octanol–water partition coefficient (Wildman–Crippen LogP) is 4.25. The number of amides is 2. The number of hydrogen-bond acceptors (Lipinski definition) is 2. The van der Waals surface area contributed by atoms with Crippen LogP contribution in [-0.2, 0) is 11.4 Å². The van der Waals surface area contributed by atoms with E-state index in [0.29, 0.717) is 15.7 Å². The van der Waals surface area contributed by atoms with Gasteiger partial charge in [0.05, 0.1) is 17.3 Å². The van der Waals surface area contributed by atoms with Gasteiger partial charge in [0.15, 0.2) is 0 Å². The maximum absolute atomic E-state index is 11.6. The van der Waals surface area contributed by atoms with Gasteiger partial charge in [-0.1, -0.05) is 53.5 Å². The van der Waals surface area contributed by atoms with Crippen molar-refractivity contribution >= 4 is 34.9 Å². The van der Waals surface area contributed by atoms with E-state index in [4.69, 9.17) is 28.0 Å². The second-order valence-electron chi connectivity index (χ2n) is 3.95. The van der Waals surface area contributed by atoms with Gasteiger partial charge in [0.2, 0.25) is 0 Å². The molecule has 0 fully saturated rings. The predicted molar refractivity (Wildman–Crippen MR) is 79.8 cm³/mol. The Morgan fingerprint density at radius 3 is 2.55 bits per heavy atom. The molecule has 0 saturated heterocycles. The summed E-state index contributed by atoms with van der Waals surface area (Å²) >= 11 is 11.7. The van der Waals surface area contributed by atoms with Crippen molar-refractivity contribution in [3.05, 3.63) is 64.1 Å². The number of halogens is 2. The van der Waals surface area contributed by atoms with Gasteiger partial charge in [0.25, 0.3) is 0 Å². The molecule has 6 heteroatoms. The maximum Gasteiger partial charge on any atom is 0.343 e. The van der Waals surface area contributed by atoms with Gasteiger partial charge in [-0.15, -0.1) is 0 Å². The lowest BCUT2D eigenvalue weighted by molar-refractivity contribution is 0.0536. The van der Waals surface area contributed by atoms with Gasteiger partial charge >= 0.3 is 6.03 Å². The maximum atomic E-state index is 11.6. The Morgan fingerprint density at radius 2 is 1.85 bits per heavy atom. The summed E-state index contributed by atoms with van der Waals surface area (Å²) in [5.41, 5.74) is 3.69. The molecule has 0 bridgehead atoms. The van der Waals surface area contributed by atoms with Crippen LogP contribution in [0, 0.1) is 0 Å². The molecule has 0 aliphatic rings. The summed E-state index contributed by atoms with van der Waals surface area (Å²) < 4.78 is 0. The number of nitrogens with one attached hydrogen (secondary N) is 2. The molecule has 0 radical (unpaired) electrons. The molecule has 0 unspecified atom stereocenters. The Labute approximate surface area is 126 Å². The van der Waals surface area contributed by atoms with E-state index >= 15 is 0 Å². The molecule has 0 heterocycles. The Bertz CT molecular complexity index is 591. The fourth-order valence-corrected chi connectivity index (χ4v) is 1.95. The second-order valence-corrected chi connectivity index (χ2v) is 4.80. The van der Waals surface area contributed by atoms with Crippen LogP contribution in [-0.4, -0.2) is 6.03 Å². The molecular weight excluding hydrogens is 299 g/mol. The smallest absolute Gasteiger partial charge is 0.305 e. The van der Waals surface area contributed by atoms with Crippen LogP contribution >= 0.6 is 23.2 Å². The van der Waals surface area contributed by atoms with Crippen molar-refractivity contribution in [1.29, 1.82) is 0 Å². The van der Waals surface area contributed by atoms with Crippen LogP contribution in [0.1, 0.15) is 5.56 Å². The number of rotatable bonds is 4. The standard InChI is InChI=1S/C14H12Cl2N2O2/c15-11-6-7-13(12(16)8-11)17-14(19)18-20-9-10-4-2-1-3-5-10/h1-8H,9H2,(H2,17,18,19). The molecular formula is C14H12Cl2N2O2. The highest BCUT2D eigenvalue weighted by atomic mass is 35.5. The van der Waals surface area contributed by atoms with Gasteiger partial charge in [0, 0.05) is 5.02 Å². The van der Waals surface area contributed by atoms with E-state index < -0.39 is 6.03 Å². The van der Waals surface area contributed by atoms with Crippen molar-refractivity contribution in [1.82, 2.24) is 5.48 Å². The van der Waals surface area contributed by atoms with Crippen LogP contribution in [0.3, 0.4) is 0 Å². The highest BCUT2D eigenvalue weighted by Gasteiger charge is 2.06. The van der Waals surface area contributed by atoms with Crippen LogP contribution in [0.5, 0.6) is 0 Å². The third-order valence-electron chi connectivity index (χ3n) is 2.43. The lowest BCUT2D eigenvalue weighted by Crippen LogP contribution is -2.28. The van der Waals surface area contributed by atoms with E-state index in [1.807, 2.05) is 30.3 Å². The minimum atomic E-state index is -0.509. The fourth-order valence-electron chi connectivity index (χ4n) is 1.50. The van der Waals surface area contributed by atoms with Gasteiger partial charge in [-0.25, -0.2) is 10.3 Å². The van der Waals surface area contributed by atoms with E-state index in [0.717, 1.165) is 5.56 Å². The molecule has 0 saturated carbocycles. The van der Waals surface area contributed by atoms with Gasteiger partial charge < -0.3 is 5.32 Å². The number of carbonyl (C=O) groups excluding carboxylic acids is 1. The lowest BCUT2D eigenvalue weighted by atomic mass is 10.2. The Kier molecular flexibility index (Phi) is 5.24. The van der Waals surface area contributed by atoms with Crippen molar-refractivity contribution in [3.8, 4) is 0 Å². The second kappa shape index (κ2) is 7.14. The molecule has 104 valence electrons. The van der Waals surface area contributed by atoms with Crippen molar-refractivity contribution in [2.24, 2.45) is 0 Å². The number of carbonyl (C=O) groups is 1. The van der Waals surface area contributed by atoms with E-state index in [1.165, 1.54) is 0 Å². The number of benzene rings is 2. The molecule has 2 rings (SSSR count). The van der Waals surface area contributed by atoms with Gasteiger partial charge in [-0.2, -0.15) is 0 Å². The number of urea groups is 1. The van der Waals surface area contributed by atoms with Crippen LogP contribution in [0.15, 0.2) is 48.5 Å². The zero-order chi connectivity index (χ0) is 14.4. The summed E-state index contributed by atoms with van der Waals surface area (Å²) in [5, 5.41) is 3.42. The molecule has 0 aromatic heterocycles. The molecule has 2 N–H and O–H groups in total. The highest BCUT2D eigenvalue weighted by Crippen LogP contribution is 2.25. The zero-order valence-corrected chi connectivity index (χ0v) is 11.9. The quantitative estimate of drug-likeness (QED) is 0.830. The van der Waals surface area contributed by atoms with E-state index in [2.05, 4.69) is 10.8 Å².